The van der Waals surface area contributed by atoms with Crippen molar-refractivity contribution in [2.24, 2.45) is 0 Å². The summed E-state index contributed by atoms with van der Waals surface area (Å²) in [5.74, 6) is -0.0496. The summed E-state index contributed by atoms with van der Waals surface area (Å²) in [7, 11) is 2.82. The van der Waals surface area contributed by atoms with Crippen LogP contribution < -0.4 is 4.74 Å². The minimum Gasteiger partial charge on any atom is -0.481 e. The van der Waals surface area contributed by atoms with Gasteiger partial charge in [0, 0.05) is 6.07 Å². The minimum absolute atomic E-state index is 0.259. The largest absolute Gasteiger partial charge is 0.481 e. The second-order valence-electron chi connectivity index (χ2n) is 3.20. The van der Waals surface area contributed by atoms with Gasteiger partial charge >= 0.3 is 5.97 Å². The number of thiazole rings is 1. The highest BCUT2D eigenvalue weighted by Gasteiger charge is 2.20. The SMILES string of the molecule is COC(=O)c1sc(Cl)nc1-c1cccc(OC)n1. The van der Waals surface area contributed by atoms with Crippen molar-refractivity contribution < 1.29 is 14.3 Å². The van der Waals surface area contributed by atoms with E-state index in [2.05, 4.69) is 14.7 Å². The van der Waals surface area contributed by atoms with E-state index < -0.39 is 5.97 Å². The number of ether oxygens (including phenoxy) is 2. The van der Waals surface area contributed by atoms with E-state index in [1.54, 1.807) is 18.2 Å². The van der Waals surface area contributed by atoms with Crippen LogP contribution in [0, 0.1) is 0 Å². The van der Waals surface area contributed by atoms with Crippen molar-refractivity contribution in [2.45, 2.75) is 0 Å². The average Bonchev–Trinajstić information content (AvgIpc) is 2.80. The first kappa shape index (κ1) is 12.8. The Hall–Kier alpha value is -1.66. The summed E-state index contributed by atoms with van der Waals surface area (Å²) >= 11 is 6.89. The molecule has 2 rings (SSSR count). The molecule has 2 aromatic rings. The Kier molecular flexibility index (Phi) is 3.78. The van der Waals surface area contributed by atoms with Crippen molar-refractivity contribution in [2.75, 3.05) is 14.2 Å². The van der Waals surface area contributed by atoms with Gasteiger partial charge in [-0.1, -0.05) is 29.0 Å². The number of nitrogens with zero attached hydrogens (tertiary/aromatic N) is 2. The van der Waals surface area contributed by atoms with Gasteiger partial charge in [0.2, 0.25) is 5.88 Å². The highest BCUT2D eigenvalue weighted by molar-refractivity contribution is 7.17. The third kappa shape index (κ3) is 2.44. The quantitative estimate of drug-likeness (QED) is 0.811. The van der Waals surface area contributed by atoms with Gasteiger partial charge in [-0.15, -0.1) is 0 Å². The highest BCUT2D eigenvalue weighted by Crippen LogP contribution is 2.31. The molecule has 2 aromatic heterocycles. The molecular formula is C11H9ClN2O3S. The predicted octanol–water partition coefficient (Wildman–Crippen LogP) is 2.65. The monoisotopic (exact) mass is 284 g/mol. The number of carbonyl (C=O) groups excluding carboxylic acids is 1. The fourth-order valence-corrected chi connectivity index (χ4v) is 2.39. The zero-order valence-corrected chi connectivity index (χ0v) is 11.2. The molecule has 7 heteroatoms. The lowest BCUT2D eigenvalue weighted by molar-refractivity contribution is 0.0607. The molecule has 0 unspecified atom stereocenters. The van der Waals surface area contributed by atoms with E-state index in [9.17, 15) is 4.79 Å². The molecule has 0 aliphatic carbocycles. The first-order valence-corrected chi connectivity index (χ1v) is 6.11. The molecule has 0 atom stereocenters. The van der Waals surface area contributed by atoms with Crippen LogP contribution in [0.1, 0.15) is 9.67 Å². The fourth-order valence-electron chi connectivity index (χ4n) is 1.36. The second-order valence-corrected chi connectivity index (χ2v) is 4.78. The van der Waals surface area contributed by atoms with Crippen LogP contribution in [0.25, 0.3) is 11.4 Å². The molecular weight excluding hydrogens is 276 g/mol. The first-order valence-electron chi connectivity index (χ1n) is 4.91. The van der Waals surface area contributed by atoms with E-state index >= 15 is 0 Å². The molecule has 18 heavy (non-hydrogen) atoms. The maximum Gasteiger partial charge on any atom is 0.350 e. The number of halogens is 1. The van der Waals surface area contributed by atoms with Gasteiger partial charge in [-0.05, 0) is 6.07 Å². The second kappa shape index (κ2) is 5.32. The molecule has 0 aliphatic rings. The van der Waals surface area contributed by atoms with Crippen LogP contribution in [0.2, 0.25) is 4.47 Å². The highest BCUT2D eigenvalue weighted by atomic mass is 35.5. The summed E-state index contributed by atoms with van der Waals surface area (Å²) in [6.45, 7) is 0. The topological polar surface area (TPSA) is 61.3 Å². The number of hydrogen-bond acceptors (Lipinski definition) is 6. The van der Waals surface area contributed by atoms with Gasteiger partial charge in [-0.2, -0.15) is 0 Å². The van der Waals surface area contributed by atoms with Crippen molar-refractivity contribution in [1.82, 2.24) is 9.97 Å². The van der Waals surface area contributed by atoms with Gasteiger partial charge in [0.25, 0.3) is 0 Å². The Morgan fingerprint density at radius 1 is 1.33 bits per heavy atom. The van der Waals surface area contributed by atoms with Crippen LogP contribution in [0.4, 0.5) is 0 Å². The summed E-state index contributed by atoms with van der Waals surface area (Å²) in [4.78, 5) is 20.2. The molecule has 94 valence electrons. The number of methoxy groups -OCH3 is 2. The Bertz CT molecular complexity index is 585. The molecule has 5 nitrogen and oxygen atoms in total. The van der Waals surface area contributed by atoms with Crippen LogP contribution in [-0.4, -0.2) is 30.2 Å². The van der Waals surface area contributed by atoms with Crippen LogP contribution >= 0.6 is 22.9 Å². The smallest absolute Gasteiger partial charge is 0.350 e. The Labute approximate surface area is 112 Å². The summed E-state index contributed by atoms with van der Waals surface area (Å²) in [5, 5.41) is 0. The molecule has 0 fully saturated rings. The Balaban J connectivity index is 2.52. The van der Waals surface area contributed by atoms with E-state index in [-0.39, 0.29) is 4.47 Å². The van der Waals surface area contributed by atoms with Gasteiger partial charge in [-0.3, -0.25) is 0 Å². The van der Waals surface area contributed by atoms with Crippen LogP contribution in [-0.2, 0) is 4.74 Å². The van der Waals surface area contributed by atoms with Crippen molar-refractivity contribution in [3.05, 3.63) is 27.5 Å². The summed E-state index contributed by atoms with van der Waals surface area (Å²) in [6, 6.07) is 5.19. The van der Waals surface area contributed by atoms with Crippen LogP contribution in [0.3, 0.4) is 0 Å². The lowest BCUT2D eigenvalue weighted by Crippen LogP contribution is -2.01. The number of pyridine rings is 1. The number of rotatable bonds is 3. The molecule has 0 saturated heterocycles. The molecule has 0 aromatic carbocycles. The lowest BCUT2D eigenvalue weighted by Gasteiger charge is -2.02. The number of carbonyl (C=O) groups is 1. The number of aromatic nitrogens is 2. The van der Waals surface area contributed by atoms with Crippen molar-refractivity contribution in [3.8, 4) is 17.3 Å². The molecule has 0 saturated carbocycles. The Morgan fingerprint density at radius 2 is 2.11 bits per heavy atom. The van der Waals surface area contributed by atoms with Gasteiger partial charge < -0.3 is 9.47 Å². The molecule has 0 spiro atoms. The molecule has 0 bridgehead atoms. The van der Waals surface area contributed by atoms with Crippen molar-refractivity contribution in [1.29, 1.82) is 0 Å². The van der Waals surface area contributed by atoms with Gasteiger partial charge in [0.1, 0.15) is 10.6 Å². The average molecular weight is 285 g/mol. The minimum atomic E-state index is -0.487. The third-order valence-corrected chi connectivity index (χ3v) is 3.29. The third-order valence-electron chi connectivity index (χ3n) is 2.15. The number of hydrogen-bond donors (Lipinski definition) is 0. The van der Waals surface area contributed by atoms with Gasteiger partial charge in [-0.25, -0.2) is 14.8 Å². The van der Waals surface area contributed by atoms with E-state index in [1.807, 2.05) is 0 Å². The van der Waals surface area contributed by atoms with E-state index in [0.717, 1.165) is 11.3 Å². The van der Waals surface area contributed by atoms with E-state index in [4.69, 9.17) is 16.3 Å². The standard InChI is InChI=1S/C11H9ClN2O3S/c1-16-7-5-3-4-6(13-7)8-9(10(15)17-2)18-11(12)14-8/h3-5H,1-2H3. The summed E-state index contributed by atoms with van der Waals surface area (Å²) in [6.07, 6.45) is 0. The lowest BCUT2D eigenvalue weighted by atomic mass is 10.2. The normalized spacial score (nSPS) is 10.2. The first-order chi connectivity index (χ1) is 8.65. The Morgan fingerprint density at radius 3 is 2.78 bits per heavy atom. The van der Waals surface area contributed by atoms with Gasteiger partial charge in [0.05, 0.1) is 19.9 Å². The molecule has 2 heterocycles. The van der Waals surface area contributed by atoms with E-state index in [1.165, 1.54) is 14.2 Å². The molecule has 0 aliphatic heterocycles. The van der Waals surface area contributed by atoms with E-state index in [0.29, 0.717) is 22.1 Å². The zero-order chi connectivity index (χ0) is 13.1. The maximum atomic E-state index is 11.6. The fraction of sp³-hybridized carbons (Fsp3) is 0.182. The molecule has 0 N–H and O–H groups in total. The van der Waals surface area contributed by atoms with Crippen LogP contribution in [0.15, 0.2) is 18.2 Å². The summed E-state index contributed by atoms with van der Waals surface area (Å²) < 4.78 is 9.97. The number of esters is 1. The predicted molar refractivity (Wildman–Crippen MR) is 68.2 cm³/mol. The van der Waals surface area contributed by atoms with Crippen molar-refractivity contribution >= 4 is 28.9 Å². The van der Waals surface area contributed by atoms with Gasteiger partial charge in [0.15, 0.2) is 4.47 Å². The molecule has 0 amide bonds. The maximum absolute atomic E-state index is 11.6. The zero-order valence-electron chi connectivity index (χ0n) is 9.64. The van der Waals surface area contributed by atoms with Crippen LogP contribution in [0.5, 0.6) is 5.88 Å². The summed E-state index contributed by atoms with van der Waals surface area (Å²) in [5.41, 5.74) is 0.911. The molecule has 0 radical (unpaired) electrons. The van der Waals surface area contributed by atoms with Crippen molar-refractivity contribution in [3.63, 3.8) is 0 Å².